The molecular formula is C11H16ClNO. The molecule has 78 valence electrons. The van der Waals surface area contributed by atoms with Crippen molar-refractivity contribution in [2.24, 2.45) is 5.92 Å². The van der Waals surface area contributed by atoms with Crippen LogP contribution >= 0.6 is 12.4 Å². The maximum atomic E-state index is 9.59. The summed E-state index contributed by atoms with van der Waals surface area (Å²) in [6, 6.07) is 10.3. The molecule has 1 saturated heterocycles. The first-order valence-electron chi connectivity index (χ1n) is 4.79. The van der Waals surface area contributed by atoms with Gasteiger partial charge in [0.15, 0.2) is 0 Å². The van der Waals surface area contributed by atoms with Crippen molar-refractivity contribution in [3.63, 3.8) is 0 Å². The van der Waals surface area contributed by atoms with E-state index >= 15 is 0 Å². The number of hydrogen-bond donors (Lipinski definition) is 2. The van der Waals surface area contributed by atoms with Crippen LogP contribution in [0, 0.1) is 5.92 Å². The summed E-state index contributed by atoms with van der Waals surface area (Å²) in [5.74, 6) is 0.391. The zero-order valence-electron chi connectivity index (χ0n) is 8.02. The largest absolute Gasteiger partial charge is 0.391 e. The molecule has 0 amide bonds. The van der Waals surface area contributed by atoms with E-state index in [1.54, 1.807) is 0 Å². The van der Waals surface area contributed by atoms with Crippen LogP contribution in [0.25, 0.3) is 0 Å². The van der Waals surface area contributed by atoms with Gasteiger partial charge >= 0.3 is 0 Å². The maximum Gasteiger partial charge on any atom is 0.0708 e. The standard InChI is InChI=1S/C11H15NO.ClH/c13-11-8-12-7-10(11)6-9-4-2-1-3-5-9;/h1-5,10-13H,6-8H2;1H/t10-,11-;/m0./s1. The minimum atomic E-state index is -0.166. The minimum absolute atomic E-state index is 0. The van der Waals surface area contributed by atoms with Crippen LogP contribution in [0.4, 0.5) is 0 Å². The predicted molar refractivity (Wildman–Crippen MR) is 59.8 cm³/mol. The average molecular weight is 214 g/mol. The van der Waals surface area contributed by atoms with Crippen LogP contribution in [-0.2, 0) is 6.42 Å². The fourth-order valence-corrected chi connectivity index (χ4v) is 1.84. The van der Waals surface area contributed by atoms with Gasteiger partial charge in [-0.1, -0.05) is 30.3 Å². The molecule has 1 aromatic carbocycles. The molecule has 14 heavy (non-hydrogen) atoms. The molecular weight excluding hydrogens is 198 g/mol. The summed E-state index contributed by atoms with van der Waals surface area (Å²) in [5.41, 5.74) is 1.32. The SMILES string of the molecule is Cl.O[C@H]1CNC[C@@H]1Cc1ccccc1. The molecule has 1 aromatic rings. The van der Waals surface area contributed by atoms with E-state index in [-0.39, 0.29) is 18.5 Å². The summed E-state index contributed by atoms with van der Waals surface area (Å²) < 4.78 is 0. The lowest BCUT2D eigenvalue weighted by Crippen LogP contribution is -2.19. The molecule has 0 aliphatic carbocycles. The average Bonchev–Trinajstić information content (AvgIpc) is 2.54. The number of rotatable bonds is 2. The molecule has 2 N–H and O–H groups in total. The summed E-state index contributed by atoms with van der Waals surface area (Å²) in [5, 5.41) is 12.8. The van der Waals surface area contributed by atoms with Gasteiger partial charge in [0.2, 0.25) is 0 Å². The molecule has 2 nitrogen and oxygen atoms in total. The van der Waals surface area contributed by atoms with Crippen molar-refractivity contribution in [3.05, 3.63) is 35.9 Å². The second-order valence-corrected chi connectivity index (χ2v) is 3.68. The smallest absolute Gasteiger partial charge is 0.0708 e. The van der Waals surface area contributed by atoms with Gasteiger partial charge < -0.3 is 10.4 Å². The Morgan fingerprint density at radius 3 is 2.50 bits per heavy atom. The van der Waals surface area contributed by atoms with Crippen molar-refractivity contribution in [1.82, 2.24) is 5.32 Å². The van der Waals surface area contributed by atoms with E-state index in [2.05, 4.69) is 17.4 Å². The Bertz CT molecular complexity index is 265. The lowest BCUT2D eigenvalue weighted by molar-refractivity contribution is 0.147. The zero-order chi connectivity index (χ0) is 9.10. The first-order chi connectivity index (χ1) is 6.36. The van der Waals surface area contributed by atoms with Crippen molar-refractivity contribution in [3.8, 4) is 0 Å². The van der Waals surface area contributed by atoms with Gasteiger partial charge in [0.05, 0.1) is 6.10 Å². The molecule has 1 aliphatic heterocycles. The summed E-state index contributed by atoms with van der Waals surface area (Å²) in [6.45, 7) is 1.69. The van der Waals surface area contributed by atoms with Crippen molar-refractivity contribution in [1.29, 1.82) is 0 Å². The first-order valence-corrected chi connectivity index (χ1v) is 4.79. The zero-order valence-corrected chi connectivity index (χ0v) is 8.83. The van der Waals surface area contributed by atoms with Crippen LogP contribution in [0.2, 0.25) is 0 Å². The molecule has 1 aliphatic rings. The van der Waals surface area contributed by atoms with Crippen LogP contribution in [0.15, 0.2) is 30.3 Å². The van der Waals surface area contributed by atoms with Gasteiger partial charge in [-0.05, 0) is 12.0 Å². The van der Waals surface area contributed by atoms with Gasteiger partial charge in [-0.3, -0.25) is 0 Å². The van der Waals surface area contributed by atoms with Crippen molar-refractivity contribution < 1.29 is 5.11 Å². The van der Waals surface area contributed by atoms with Crippen LogP contribution in [0.5, 0.6) is 0 Å². The van der Waals surface area contributed by atoms with Crippen LogP contribution in [-0.4, -0.2) is 24.3 Å². The highest BCUT2D eigenvalue weighted by atomic mass is 35.5. The monoisotopic (exact) mass is 213 g/mol. The second kappa shape index (κ2) is 5.35. The predicted octanol–water partition coefficient (Wildman–Crippen LogP) is 1.23. The molecule has 2 atom stereocenters. The molecule has 0 bridgehead atoms. The number of hydrogen-bond acceptors (Lipinski definition) is 2. The molecule has 0 saturated carbocycles. The Morgan fingerprint density at radius 1 is 1.21 bits per heavy atom. The lowest BCUT2D eigenvalue weighted by Gasteiger charge is -2.12. The van der Waals surface area contributed by atoms with Gasteiger partial charge in [0, 0.05) is 19.0 Å². The van der Waals surface area contributed by atoms with Gasteiger partial charge in [0.1, 0.15) is 0 Å². The molecule has 2 rings (SSSR count). The van der Waals surface area contributed by atoms with Gasteiger partial charge in [-0.25, -0.2) is 0 Å². The highest BCUT2D eigenvalue weighted by molar-refractivity contribution is 5.85. The normalized spacial score (nSPS) is 25.8. The molecule has 0 radical (unpaired) electrons. The highest BCUT2D eigenvalue weighted by Gasteiger charge is 2.24. The molecule has 1 heterocycles. The van der Waals surface area contributed by atoms with Gasteiger partial charge in [-0.2, -0.15) is 0 Å². The quantitative estimate of drug-likeness (QED) is 0.775. The first kappa shape index (κ1) is 11.5. The Kier molecular flexibility index (Phi) is 4.39. The number of aliphatic hydroxyl groups excluding tert-OH is 1. The number of aliphatic hydroxyl groups is 1. The fraction of sp³-hybridized carbons (Fsp3) is 0.455. The fourth-order valence-electron chi connectivity index (χ4n) is 1.84. The second-order valence-electron chi connectivity index (χ2n) is 3.68. The van der Waals surface area contributed by atoms with Crippen molar-refractivity contribution in [2.45, 2.75) is 12.5 Å². The van der Waals surface area contributed by atoms with E-state index < -0.39 is 0 Å². The summed E-state index contributed by atoms with van der Waals surface area (Å²) in [4.78, 5) is 0. The Morgan fingerprint density at radius 2 is 1.93 bits per heavy atom. The van der Waals surface area contributed by atoms with E-state index in [0.717, 1.165) is 19.5 Å². The third kappa shape index (κ3) is 2.71. The number of β-amino-alcohol motifs (C(OH)–C–C–N with tert-alkyl or cyclic N) is 1. The third-order valence-corrected chi connectivity index (χ3v) is 2.64. The maximum absolute atomic E-state index is 9.59. The number of benzene rings is 1. The molecule has 0 spiro atoms. The van der Waals surface area contributed by atoms with Crippen molar-refractivity contribution >= 4 is 12.4 Å². The molecule has 3 heteroatoms. The van der Waals surface area contributed by atoms with E-state index in [1.165, 1.54) is 5.56 Å². The van der Waals surface area contributed by atoms with Gasteiger partial charge in [-0.15, -0.1) is 12.4 Å². The van der Waals surface area contributed by atoms with Crippen molar-refractivity contribution in [2.75, 3.05) is 13.1 Å². The minimum Gasteiger partial charge on any atom is -0.391 e. The van der Waals surface area contributed by atoms with E-state index in [4.69, 9.17) is 0 Å². The number of halogens is 1. The summed E-state index contributed by atoms with van der Waals surface area (Å²) >= 11 is 0. The number of nitrogens with one attached hydrogen (secondary N) is 1. The van der Waals surface area contributed by atoms with Gasteiger partial charge in [0.25, 0.3) is 0 Å². The lowest BCUT2D eigenvalue weighted by atomic mass is 9.97. The molecule has 0 aromatic heterocycles. The molecule has 0 unspecified atom stereocenters. The van der Waals surface area contributed by atoms with E-state index in [1.807, 2.05) is 18.2 Å². The third-order valence-electron chi connectivity index (χ3n) is 2.64. The highest BCUT2D eigenvalue weighted by Crippen LogP contribution is 2.15. The Hall–Kier alpha value is -0.570. The summed E-state index contributed by atoms with van der Waals surface area (Å²) in [7, 11) is 0. The molecule has 1 fully saturated rings. The van der Waals surface area contributed by atoms with Crippen LogP contribution < -0.4 is 5.32 Å². The Labute approximate surface area is 90.7 Å². The van der Waals surface area contributed by atoms with E-state index in [0.29, 0.717) is 5.92 Å². The van der Waals surface area contributed by atoms with Crippen LogP contribution in [0.1, 0.15) is 5.56 Å². The van der Waals surface area contributed by atoms with E-state index in [9.17, 15) is 5.11 Å². The summed E-state index contributed by atoms with van der Waals surface area (Å²) in [6.07, 6.45) is 0.815. The topological polar surface area (TPSA) is 32.3 Å². The van der Waals surface area contributed by atoms with Crippen LogP contribution in [0.3, 0.4) is 0 Å². The Balaban J connectivity index is 0.000000980.